The summed E-state index contributed by atoms with van der Waals surface area (Å²) in [4.78, 5) is 0. The summed E-state index contributed by atoms with van der Waals surface area (Å²) in [7, 11) is 0. The van der Waals surface area contributed by atoms with Crippen LogP contribution in [0.15, 0.2) is 60.7 Å². The first-order chi connectivity index (χ1) is 9.66. The van der Waals surface area contributed by atoms with Gasteiger partial charge in [-0.3, -0.25) is 0 Å². The van der Waals surface area contributed by atoms with Gasteiger partial charge >= 0.3 is 0 Å². The van der Waals surface area contributed by atoms with Crippen molar-refractivity contribution in [2.75, 3.05) is 0 Å². The second kappa shape index (κ2) is 7.20. The number of aliphatic hydroxyl groups is 1. The molecule has 2 aromatic rings. The van der Waals surface area contributed by atoms with E-state index in [0.717, 1.165) is 11.1 Å². The molecular formula is C17H22N2O. The Labute approximate surface area is 120 Å². The molecule has 20 heavy (non-hydrogen) atoms. The van der Waals surface area contributed by atoms with Gasteiger partial charge in [0.05, 0.1) is 6.10 Å². The molecule has 5 N–H and O–H groups in total. The van der Waals surface area contributed by atoms with Gasteiger partial charge in [0.2, 0.25) is 0 Å². The Morgan fingerprint density at radius 1 is 0.700 bits per heavy atom. The van der Waals surface area contributed by atoms with Crippen LogP contribution in [0.25, 0.3) is 0 Å². The van der Waals surface area contributed by atoms with E-state index in [1.807, 2.05) is 60.7 Å². The Bertz CT molecular complexity index is 453. The summed E-state index contributed by atoms with van der Waals surface area (Å²) >= 11 is 0. The van der Waals surface area contributed by atoms with E-state index in [4.69, 9.17) is 11.5 Å². The van der Waals surface area contributed by atoms with Crippen molar-refractivity contribution in [1.29, 1.82) is 0 Å². The minimum Gasteiger partial charge on any atom is -0.390 e. The van der Waals surface area contributed by atoms with E-state index in [1.54, 1.807) is 0 Å². The lowest BCUT2D eigenvalue weighted by atomic mass is 9.94. The number of benzene rings is 2. The monoisotopic (exact) mass is 270 g/mol. The molecule has 106 valence electrons. The van der Waals surface area contributed by atoms with Crippen LogP contribution in [-0.4, -0.2) is 23.3 Å². The van der Waals surface area contributed by atoms with Crippen molar-refractivity contribution in [2.24, 2.45) is 11.5 Å². The lowest BCUT2D eigenvalue weighted by Crippen LogP contribution is -2.49. The predicted molar refractivity (Wildman–Crippen MR) is 82.2 cm³/mol. The zero-order valence-corrected chi connectivity index (χ0v) is 11.5. The van der Waals surface area contributed by atoms with Crippen molar-refractivity contribution in [2.45, 2.75) is 31.0 Å². The maximum Gasteiger partial charge on any atom is 0.0848 e. The Morgan fingerprint density at radius 3 is 1.40 bits per heavy atom. The van der Waals surface area contributed by atoms with E-state index >= 15 is 0 Å². The molecule has 0 aliphatic carbocycles. The smallest absolute Gasteiger partial charge is 0.0848 e. The molecule has 0 aromatic heterocycles. The van der Waals surface area contributed by atoms with Crippen LogP contribution < -0.4 is 11.5 Å². The third kappa shape index (κ3) is 4.17. The fraction of sp³-hybridized carbons (Fsp3) is 0.294. The first kappa shape index (κ1) is 14.7. The summed E-state index contributed by atoms with van der Waals surface area (Å²) in [5.74, 6) is 0. The summed E-state index contributed by atoms with van der Waals surface area (Å²) in [6, 6.07) is 19.1. The summed E-state index contributed by atoms with van der Waals surface area (Å²) < 4.78 is 0. The predicted octanol–water partition coefficient (Wildman–Crippen LogP) is 1.49. The summed E-state index contributed by atoms with van der Waals surface area (Å²) in [5, 5.41) is 10.3. The third-order valence-corrected chi connectivity index (χ3v) is 3.51. The molecule has 3 nitrogen and oxygen atoms in total. The average Bonchev–Trinajstić information content (AvgIpc) is 2.48. The van der Waals surface area contributed by atoms with E-state index in [1.165, 1.54) is 0 Å². The molecule has 0 heterocycles. The minimum atomic E-state index is -0.713. The maximum atomic E-state index is 10.3. The first-order valence-corrected chi connectivity index (χ1v) is 6.94. The molecule has 2 aromatic carbocycles. The van der Waals surface area contributed by atoms with Crippen LogP contribution in [0.4, 0.5) is 0 Å². The molecule has 0 fully saturated rings. The van der Waals surface area contributed by atoms with Gasteiger partial charge in [-0.2, -0.15) is 0 Å². The molecule has 2 rings (SSSR count). The molecule has 0 aliphatic heterocycles. The zero-order chi connectivity index (χ0) is 14.4. The number of nitrogens with two attached hydrogens (primary N) is 2. The van der Waals surface area contributed by atoms with Gasteiger partial charge in [-0.25, -0.2) is 0 Å². The molecule has 0 saturated heterocycles. The molecule has 0 amide bonds. The minimum absolute atomic E-state index is 0.351. The Hall–Kier alpha value is -1.68. The number of hydrogen-bond acceptors (Lipinski definition) is 3. The van der Waals surface area contributed by atoms with Gasteiger partial charge in [-0.1, -0.05) is 60.7 Å². The standard InChI is InChI=1S/C17H22N2O/c18-15(11-13-7-3-1-4-8-13)17(20)16(19)12-14-9-5-2-6-10-14/h1-10,15-17,20H,11-12,18-19H2/t15-,16-/m0/s1. The fourth-order valence-electron chi connectivity index (χ4n) is 2.33. The van der Waals surface area contributed by atoms with Crippen molar-refractivity contribution < 1.29 is 5.11 Å². The zero-order valence-electron chi connectivity index (χ0n) is 11.5. The SMILES string of the molecule is N[C@@H](Cc1ccccc1)C(O)[C@@H](N)Cc1ccccc1. The lowest BCUT2D eigenvalue weighted by molar-refractivity contribution is 0.116. The second-order valence-corrected chi connectivity index (χ2v) is 5.20. The normalized spacial score (nSPS) is 14.2. The molecule has 0 spiro atoms. The molecule has 0 unspecified atom stereocenters. The van der Waals surface area contributed by atoms with Crippen LogP contribution >= 0.6 is 0 Å². The summed E-state index contributed by atoms with van der Waals surface area (Å²) in [6.45, 7) is 0. The molecule has 0 radical (unpaired) electrons. The topological polar surface area (TPSA) is 72.3 Å². The molecule has 0 aliphatic rings. The fourth-order valence-corrected chi connectivity index (χ4v) is 2.33. The molecule has 0 saturated carbocycles. The van der Waals surface area contributed by atoms with Gasteiger partial charge in [0, 0.05) is 12.1 Å². The summed E-state index contributed by atoms with van der Waals surface area (Å²) in [6.07, 6.45) is 0.546. The van der Waals surface area contributed by atoms with Crippen molar-refractivity contribution in [3.8, 4) is 0 Å². The van der Waals surface area contributed by atoms with Crippen LogP contribution in [0, 0.1) is 0 Å². The third-order valence-electron chi connectivity index (χ3n) is 3.51. The van der Waals surface area contributed by atoms with Crippen molar-refractivity contribution >= 4 is 0 Å². The van der Waals surface area contributed by atoms with E-state index < -0.39 is 6.10 Å². The lowest BCUT2D eigenvalue weighted by Gasteiger charge is -2.25. The van der Waals surface area contributed by atoms with Crippen molar-refractivity contribution in [1.82, 2.24) is 0 Å². The Balaban J connectivity index is 1.91. The van der Waals surface area contributed by atoms with Gasteiger partial charge in [0.15, 0.2) is 0 Å². The van der Waals surface area contributed by atoms with Gasteiger partial charge in [-0.05, 0) is 24.0 Å². The molecule has 2 atom stereocenters. The van der Waals surface area contributed by atoms with Crippen LogP contribution in [0.5, 0.6) is 0 Å². The molecular weight excluding hydrogens is 248 g/mol. The summed E-state index contributed by atoms with van der Waals surface area (Å²) in [5.41, 5.74) is 14.4. The van der Waals surface area contributed by atoms with Gasteiger partial charge in [-0.15, -0.1) is 0 Å². The van der Waals surface area contributed by atoms with Gasteiger partial charge in [0.25, 0.3) is 0 Å². The average molecular weight is 270 g/mol. The number of hydrogen-bond donors (Lipinski definition) is 3. The van der Waals surface area contributed by atoms with E-state index in [-0.39, 0.29) is 12.1 Å². The largest absolute Gasteiger partial charge is 0.390 e. The van der Waals surface area contributed by atoms with Crippen molar-refractivity contribution in [3.05, 3.63) is 71.8 Å². The van der Waals surface area contributed by atoms with Crippen LogP contribution in [0.2, 0.25) is 0 Å². The van der Waals surface area contributed by atoms with Crippen LogP contribution in [-0.2, 0) is 12.8 Å². The molecule has 0 bridgehead atoms. The number of aliphatic hydroxyl groups excluding tert-OH is 1. The molecule has 3 heteroatoms. The Kier molecular flexibility index (Phi) is 5.30. The highest BCUT2D eigenvalue weighted by molar-refractivity contribution is 5.18. The maximum absolute atomic E-state index is 10.3. The number of rotatable bonds is 6. The highest BCUT2D eigenvalue weighted by Crippen LogP contribution is 2.10. The second-order valence-electron chi connectivity index (χ2n) is 5.20. The van der Waals surface area contributed by atoms with E-state index in [0.29, 0.717) is 12.8 Å². The first-order valence-electron chi connectivity index (χ1n) is 6.94. The highest BCUT2D eigenvalue weighted by Gasteiger charge is 2.22. The Morgan fingerprint density at radius 2 is 1.05 bits per heavy atom. The van der Waals surface area contributed by atoms with Crippen molar-refractivity contribution in [3.63, 3.8) is 0 Å². The van der Waals surface area contributed by atoms with Crippen LogP contribution in [0.3, 0.4) is 0 Å². The van der Waals surface area contributed by atoms with E-state index in [9.17, 15) is 5.11 Å². The van der Waals surface area contributed by atoms with Gasteiger partial charge < -0.3 is 16.6 Å². The quantitative estimate of drug-likeness (QED) is 0.744. The van der Waals surface area contributed by atoms with Crippen LogP contribution in [0.1, 0.15) is 11.1 Å². The van der Waals surface area contributed by atoms with E-state index in [2.05, 4.69) is 0 Å². The van der Waals surface area contributed by atoms with Gasteiger partial charge in [0.1, 0.15) is 0 Å². The highest BCUT2D eigenvalue weighted by atomic mass is 16.3.